The second-order valence-electron chi connectivity index (χ2n) is 7.50. The Labute approximate surface area is 148 Å². The first kappa shape index (κ1) is 15.3. The van der Waals surface area contributed by atoms with Crippen LogP contribution in [0.4, 0.5) is 0 Å². The molecule has 3 fully saturated rings. The van der Waals surface area contributed by atoms with E-state index in [0.29, 0.717) is 24.0 Å². The summed E-state index contributed by atoms with van der Waals surface area (Å²) in [7, 11) is 1.88. The molecule has 2 aromatic rings. The van der Waals surface area contributed by atoms with E-state index < -0.39 is 0 Å². The van der Waals surface area contributed by atoms with Gasteiger partial charge >= 0.3 is 0 Å². The van der Waals surface area contributed by atoms with Gasteiger partial charge in [-0.1, -0.05) is 18.2 Å². The quantitative estimate of drug-likeness (QED) is 0.690. The van der Waals surface area contributed by atoms with Crippen molar-refractivity contribution in [2.75, 3.05) is 26.7 Å². The highest BCUT2D eigenvalue weighted by atomic mass is 16.5. The van der Waals surface area contributed by atoms with E-state index >= 15 is 0 Å². The van der Waals surface area contributed by atoms with Crippen molar-refractivity contribution in [1.82, 2.24) is 10.2 Å². The molecular formula is C20H25N3O2. The number of aliphatic imine (C=N–C) groups is 1. The number of para-hydroxylation sites is 1. The molecule has 3 saturated heterocycles. The maximum absolute atomic E-state index is 6.07. The average molecular weight is 339 g/mol. The fourth-order valence-corrected chi connectivity index (χ4v) is 4.92. The van der Waals surface area contributed by atoms with E-state index in [1.807, 2.05) is 25.2 Å². The van der Waals surface area contributed by atoms with Crippen molar-refractivity contribution in [1.29, 1.82) is 0 Å². The van der Waals surface area contributed by atoms with E-state index in [9.17, 15) is 0 Å². The molecule has 1 aromatic carbocycles. The van der Waals surface area contributed by atoms with Gasteiger partial charge in [0, 0.05) is 50.3 Å². The lowest BCUT2D eigenvalue weighted by atomic mass is 9.82. The van der Waals surface area contributed by atoms with Gasteiger partial charge in [-0.15, -0.1) is 0 Å². The Morgan fingerprint density at radius 1 is 1.20 bits per heavy atom. The van der Waals surface area contributed by atoms with Crippen LogP contribution in [0.5, 0.6) is 0 Å². The molecule has 5 heteroatoms. The molecule has 3 aliphatic heterocycles. The van der Waals surface area contributed by atoms with E-state index in [1.54, 1.807) is 0 Å². The number of hydrogen-bond donors (Lipinski definition) is 1. The molecule has 0 aliphatic carbocycles. The van der Waals surface area contributed by atoms with Gasteiger partial charge in [0.25, 0.3) is 0 Å². The number of rotatable bonds is 3. The summed E-state index contributed by atoms with van der Waals surface area (Å²) in [6, 6.07) is 10.3. The average Bonchev–Trinajstić information content (AvgIpc) is 3.39. The summed E-state index contributed by atoms with van der Waals surface area (Å²) in [6.45, 7) is 2.99. The Hall–Kier alpha value is -2.01. The second kappa shape index (κ2) is 6.06. The van der Waals surface area contributed by atoms with Gasteiger partial charge in [-0.25, -0.2) is 0 Å². The highest BCUT2D eigenvalue weighted by Crippen LogP contribution is 2.47. The van der Waals surface area contributed by atoms with Crippen LogP contribution in [0, 0.1) is 11.8 Å². The lowest BCUT2D eigenvalue weighted by Crippen LogP contribution is -2.42. The first-order valence-corrected chi connectivity index (χ1v) is 9.40. The van der Waals surface area contributed by atoms with Crippen LogP contribution < -0.4 is 5.32 Å². The van der Waals surface area contributed by atoms with E-state index in [1.165, 1.54) is 18.2 Å². The maximum atomic E-state index is 6.07. The van der Waals surface area contributed by atoms with Crippen molar-refractivity contribution in [3.05, 3.63) is 36.1 Å². The van der Waals surface area contributed by atoms with Gasteiger partial charge in [-0.3, -0.25) is 4.99 Å². The van der Waals surface area contributed by atoms with E-state index in [4.69, 9.17) is 9.15 Å². The topological polar surface area (TPSA) is 50.0 Å². The summed E-state index contributed by atoms with van der Waals surface area (Å²) in [5, 5.41) is 4.69. The number of ether oxygens (including phenoxy) is 1. The number of guanidine groups is 1. The van der Waals surface area contributed by atoms with Crippen molar-refractivity contribution in [2.45, 2.75) is 31.5 Å². The summed E-state index contributed by atoms with van der Waals surface area (Å²) in [6.07, 6.45) is 4.35. The monoisotopic (exact) mass is 339 g/mol. The number of hydrogen-bond acceptors (Lipinski definition) is 3. The number of furan rings is 1. The smallest absolute Gasteiger partial charge is 0.193 e. The fraction of sp³-hybridized carbons (Fsp3) is 0.550. The second-order valence-corrected chi connectivity index (χ2v) is 7.50. The Morgan fingerprint density at radius 3 is 2.68 bits per heavy atom. The van der Waals surface area contributed by atoms with Crippen molar-refractivity contribution in [2.24, 2.45) is 16.8 Å². The molecule has 4 heterocycles. The van der Waals surface area contributed by atoms with Crippen molar-refractivity contribution < 1.29 is 9.15 Å². The minimum Gasteiger partial charge on any atom is -0.461 e. The van der Waals surface area contributed by atoms with Gasteiger partial charge in [-0.2, -0.15) is 0 Å². The number of likely N-dealkylation sites (tertiary alicyclic amines) is 1. The van der Waals surface area contributed by atoms with Gasteiger partial charge in [-0.05, 0) is 25.0 Å². The Kier molecular flexibility index (Phi) is 3.70. The molecule has 0 saturated carbocycles. The summed E-state index contributed by atoms with van der Waals surface area (Å²) < 4.78 is 12.0. The standard InChI is InChI=1S/C20H25N3O2/c1-21-20(23-11-15-16(12-23)19-7-6-18(15)25-19)22-9-8-14-10-13-4-2-3-5-17(13)24-14/h2-5,10,15-16,18-19H,6-9,11-12H2,1H3,(H,21,22). The minimum atomic E-state index is 0.494. The first-order chi connectivity index (χ1) is 12.3. The third-order valence-corrected chi connectivity index (χ3v) is 6.10. The number of nitrogens with zero attached hydrogens (tertiary/aromatic N) is 2. The molecule has 132 valence electrons. The van der Waals surface area contributed by atoms with Crippen LogP contribution >= 0.6 is 0 Å². The largest absolute Gasteiger partial charge is 0.461 e. The van der Waals surface area contributed by atoms with Gasteiger partial charge in [0.2, 0.25) is 0 Å². The summed E-state index contributed by atoms with van der Waals surface area (Å²) >= 11 is 0. The predicted molar refractivity (Wildman–Crippen MR) is 97.7 cm³/mol. The zero-order chi connectivity index (χ0) is 16.8. The van der Waals surface area contributed by atoms with Crippen LogP contribution in [0.15, 0.2) is 39.7 Å². The zero-order valence-electron chi connectivity index (χ0n) is 14.6. The Morgan fingerprint density at radius 2 is 1.96 bits per heavy atom. The number of benzene rings is 1. The molecule has 5 rings (SSSR count). The Bertz CT molecular complexity index is 748. The van der Waals surface area contributed by atoms with Crippen LogP contribution in [0.3, 0.4) is 0 Å². The van der Waals surface area contributed by atoms with Gasteiger partial charge < -0.3 is 19.4 Å². The maximum Gasteiger partial charge on any atom is 0.193 e. The molecule has 4 atom stereocenters. The first-order valence-electron chi connectivity index (χ1n) is 9.40. The van der Waals surface area contributed by atoms with Crippen molar-refractivity contribution in [3.8, 4) is 0 Å². The van der Waals surface area contributed by atoms with E-state index in [0.717, 1.165) is 43.4 Å². The van der Waals surface area contributed by atoms with Gasteiger partial charge in [0.05, 0.1) is 12.2 Å². The molecule has 2 bridgehead atoms. The van der Waals surface area contributed by atoms with Crippen molar-refractivity contribution in [3.63, 3.8) is 0 Å². The molecule has 0 amide bonds. The number of nitrogens with one attached hydrogen (secondary N) is 1. The van der Waals surface area contributed by atoms with E-state index in [-0.39, 0.29) is 0 Å². The van der Waals surface area contributed by atoms with Crippen LogP contribution in [0.25, 0.3) is 11.0 Å². The van der Waals surface area contributed by atoms with Gasteiger partial charge in [0.1, 0.15) is 11.3 Å². The molecule has 25 heavy (non-hydrogen) atoms. The number of fused-ring (bicyclic) bond motifs is 6. The summed E-state index contributed by atoms with van der Waals surface area (Å²) in [5.41, 5.74) is 0.963. The van der Waals surface area contributed by atoms with Crippen molar-refractivity contribution >= 4 is 16.9 Å². The third-order valence-electron chi connectivity index (χ3n) is 6.10. The third kappa shape index (κ3) is 2.61. The molecule has 3 aliphatic rings. The molecule has 0 radical (unpaired) electrons. The fourth-order valence-electron chi connectivity index (χ4n) is 4.92. The van der Waals surface area contributed by atoms with Gasteiger partial charge in [0.15, 0.2) is 5.96 Å². The van der Waals surface area contributed by atoms with Crippen LogP contribution in [-0.4, -0.2) is 49.7 Å². The zero-order valence-corrected chi connectivity index (χ0v) is 14.6. The molecular weight excluding hydrogens is 314 g/mol. The molecule has 5 nitrogen and oxygen atoms in total. The molecule has 4 unspecified atom stereocenters. The Balaban J connectivity index is 1.19. The molecule has 0 spiro atoms. The normalized spacial score (nSPS) is 31.1. The highest BCUT2D eigenvalue weighted by Gasteiger charge is 2.53. The predicted octanol–water partition coefficient (Wildman–Crippen LogP) is 2.66. The van der Waals surface area contributed by atoms with Crippen LogP contribution in [-0.2, 0) is 11.2 Å². The van der Waals surface area contributed by atoms with Crippen LogP contribution in [0.2, 0.25) is 0 Å². The summed E-state index contributed by atoms with van der Waals surface area (Å²) in [4.78, 5) is 6.92. The van der Waals surface area contributed by atoms with E-state index in [2.05, 4.69) is 27.3 Å². The minimum absolute atomic E-state index is 0.494. The molecule has 1 N–H and O–H groups in total. The van der Waals surface area contributed by atoms with Crippen LogP contribution in [0.1, 0.15) is 18.6 Å². The highest BCUT2D eigenvalue weighted by molar-refractivity contribution is 5.80. The molecule has 1 aromatic heterocycles. The summed E-state index contributed by atoms with van der Waals surface area (Å²) in [5.74, 6) is 3.44. The SMILES string of the molecule is CN=C(NCCc1cc2ccccc2o1)N1CC2C3CCC(O3)C2C1. The lowest BCUT2D eigenvalue weighted by Gasteiger charge is -2.23. The lowest BCUT2D eigenvalue weighted by molar-refractivity contribution is 0.0767.